The lowest BCUT2D eigenvalue weighted by Crippen LogP contribution is -2.28. The monoisotopic (exact) mass is 324 g/mol. The third kappa shape index (κ3) is 4.03. The molecule has 0 aliphatic carbocycles. The van der Waals surface area contributed by atoms with Gasteiger partial charge >= 0.3 is 0 Å². The van der Waals surface area contributed by atoms with E-state index in [4.69, 9.17) is 11.6 Å². The lowest BCUT2D eigenvalue weighted by Gasteiger charge is -2.17. The number of rotatable bonds is 5. The fourth-order valence-electron chi connectivity index (χ4n) is 1.96. The molecule has 0 amide bonds. The first-order chi connectivity index (χ1) is 9.92. The van der Waals surface area contributed by atoms with Gasteiger partial charge in [-0.15, -0.1) is 0 Å². The molecular formula is C15H17ClN2O2S. The number of hydrogen-bond acceptors (Lipinski definition) is 3. The van der Waals surface area contributed by atoms with Gasteiger partial charge in [0.1, 0.15) is 10.0 Å². The van der Waals surface area contributed by atoms with E-state index in [1.165, 1.54) is 18.3 Å². The van der Waals surface area contributed by atoms with Crippen LogP contribution >= 0.6 is 11.6 Å². The van der Waals surface area contributed by atoms with Gasteiger partial charge in [0, 0.05) is 12.2 Å². The van der Waals surface area contributed by atoms with Crippen LogP contribution in [-0.2, 0) is 10.0 Å². The van der Waals surface area contributed by atoms with Crippen LogP contribution < -0.4 is 4.72 Å². The number of hydrogen-bond donors (Lipinski definition) is 1. The zero-order chi connectivity index (χ0) is 15.5. The Kier molecular flexibility index (Phi) is 4.98. The Balaban J connectivity index is 2.24. The highest BCUT2D eigenvalue weighted by atomic mass is 35.5. The number of aromatic nitrogens is 1. The van der Waals surface area contributed by atoms with Crippen molar-refractivity contribution in [2.24, 2.45) is 0 Å². The lowest BCUT2D eigenvalue weighted by atomic mass is 10.0. The van der Waals surface area contributed by atoms with Crippen LogP contribution in [0, 0.1) is 6.92 Å². The molecule has 1 atom stereocenters. The Morgan fingerprint density at radius 2 is 1.86 bits per heavy atom. The Hall–Kier alpha value is -1.43. The van der Waals surface area contributed by atoms with Crippen LogP contribution in [0.25, 0.3) is 0 Å². The number of benzene rings is 1. The standard InChI is InChI=1S/C15H17ClN2O2S/c1-3-14(12-6-4-11(2)5-7-12)18-21(19,20)13-8-9-15(16)17-10-13/h4-10,14,18H,3H2,1-2H3. The molecule has 112 valence electrons. The topological polar surface area (TPSA) is 59.1 Å². The summed E-state index contributed by atoms with van der Waals surface area (Å²) in [6, 6.07) is 10.4. The van der Waals surface area contributed by atoms with Crippen LogP contribution in [0.2, 0.25) is 5.15 Å². The summed E-state index contributed by atoms with van der Waals surface area (Å²) in [6.07, 6.45) is 1.91. The van der Waals surface area contributed by atoms with E-state index in [9.17, 15) is 8.42 Å². The predicted octanol–water partition coefficient (Wildman–Crippen LogP) is 3.47. The highest BCUT2D eigenvalue weighted by Crippen LogP contribution is 2.20. The summed E-state index contributed by atoms with van der Waals surface area (Å²) in [4.78, 5) is 3.92. The fourth-order valence-corrected chi connectivity index (χ4v) is 3.33. The molecule has 0 bridgehead atoms. The van der Waals surface area contributed by atoms with Crippen molar-refractivity contribution in [2.45, 2.75) is 31.2 Å². The largest absolute Gasteiger partial charge is 0.243 e. The third-order valence-electron chi connectivity index (χ3n) is 3.20. The minimum Gasteiger partial charge on any atom is -0.243 e. The van der Waals surface area contributed by atoms with Crippen molar-refractivity contribution in [3.8, 4) is 0 Å². The first kappa shape index (κ1) is 15.9. The second kappa shape index (κ2) is 6.56. The molecule has 0 aliphatic heterocycles. The van der Waals surface area contributed by atoms with Gasteiger partial charge in [-0.2, -0.15) is 0 Å². The fraction of sp³-hybridized carbons (Fsp3) is 0.267. The van der Waals surface area contributed by atoms with E-state index >= 15 is 0 Å². The molecule has 4 nitrogen and oxygen atoms in total. The molecule has 0 spiro atoms. The minimum absolute atomic E-state index is 0.109. The molecule has 0 saturated carbocycles. The zero-order valence-electron chi connectivity index (χ0n) is 11.9. The van der Waals surface area contributed by atoms with E-state index in [0.29, 0.717) is 6.42 Å². The summed E-state index contributed by atoms with van der Waals surface area (Å²) in [6.45, 7) is 3.93. The quantitative estimate of drug-likeness (QED) is 0.857. The molecule has 2 aromatic rings. The molecule has 1 aromatic carbocycles. The van der Waals surface area contributed by atoms with E-state index in [2.05, 4.69) is 9.71 Å². The van der Waals surface area contributed by atoms with Gasteiger partial charge < -0.3 is 0 Å². The van der Waals surface area contributed by atoms with Gasteiger partial charge in [0.15, 0.2) is 0 Å². The van der Waals surface area contributed by atoms with Crippen LogP contribution in [0.15, 0.2) is 47.5 Å². The number of pyridine rings is 1. The Morgan fingerprint density at radius 1 is 1.19 bits per heavy atom. The maximum atomic E-state index is 12.4. The van der Waals surface area contributed by atoms with E-state index in [0.717, 1.165) is 11.1 Å². The third-order valence-corrected chi connectivity index (χ3v) is 4.88. The average Bonchev–Trinajstić information content (AvgIpc) is 2.46. The number of sulfonamides is 1. The van der Waals surface area contributed by atoms with Gasteiger partial charge in [0.25, 0.3) is 0 Å². The highest BCUT2D eigenvalue weighted by molar-refractivity contribution is 7.89. The lowest BCUT2D eigenvalue weighted by molar-refractivity contribution is 0.549. The number of aryl methyl sites for hydroxylation is 1. The summed E-state index contributed by atoms with van der Waals surface area (Å²) in [5, 5.41) is 0.263. The molecule has 0 fully saturated rings. The molecule has 0 saturated heterocycles. The second-order valence-corrected chi connectivity index (χ2v) is 6.91. The minimum atomic E-state index is -3.62. The Labute approximate surface area is 130 Å². The van der Waals surface area contributed by atoms with Crippen LogP contribution in [0.1, 0.15) is 30.5 Å². The molecule has 2 rings (SSSR count). The van der Waals surface area contributed by atoms with E-state index in [-0.39, 0.29) is 16.1 Å². The normalized spacial score (nSPS) is 13.1. The zero-order valence-corrected chi connectivity index (χ0v) is 13.4. The van der Waals surface area contributed by atoms with Gasteiger partial charge in [0.2, 0.25) is 10.0 Å². The summed E-state index contributed by atoms with van der Waals surface area (Å²) in [5.41, 5.74) is 2.08. The summed E-state index contributed by atoms with van der Waals surface area (Å²) < 4.78 is 27.4. The summed E-state index contributed by atoms with van der Waals surface area (Å²) >= 11 is 5.68. The molecular weight excluding hydrogens is 308 g/mol. The number of nitrogens with zero attached hydrogens (tertiary/aromatic N) is 1. The molecule has 1 heterocycles. The first-order valence-electron chi connectivity index (χ1n) is 6.63. The van der Waals surface area contributed by atoms with E-state index < -0.39 is 10.0 Å². The molecule has 6 heteroatoms. The van der Waals surface area contributed by atoms with E-state index in [1.54, 1.807) is 0 Å². The van der Waals surface area contributed by atoms with Gasteiger partial charge in [-0.1, -0.05) is 48.4 Å². The highest BCUT2D eigenvalue weighted by Gasteiger charge is 2.20. The van der Waals surface area contributed by atoms with Gasteiger partial charge in [-0.3, -0.25) is 0 Å². The Bertz CT molecular complexity index is 697. The number of nitrogens with one attached hydrogen (secondary N) is 1. The molecule has 1 N–H and O–H groups in total. The van der Waals surface area contributed by atoms with Gasteiger partial charge in [-0.05, 0) is 31.0 Å². The summed E-state index contributed by atoms with van der Waals surface area (Å²) in [5.74, 6) is 0. The van der Waals surface area contributed by atoms with Crippen molar-refractivity contribution in [3.63, 3.8) is 0 Å². The predicted molar refractivity (Wildman–Crippen MR) is 83.8 cm³/mol. The van der Waals surface area contributed by atoms with Gasteiger partial charge in [0.05, 0.1) is 0 Å². The van der Waals surface area contributed by atoms with Crippen LogP contribution in [0.5, 0.6) is 0 Å². The molecule has 1 unspecified atom stereocenters. The maximum Gasteiger partial charge on any atom is 0.242 e. The SMILES string of the molecule is CCC(NS(=O)(=O)c1ccc(Cl)nc1)c1ccc(C)cc1. The molecule has 1 aromatic heterocycles. The van der Waals surface area contributed by atoms with Gasteiger partial charge in [-0.25, -0.2) is 18.1 Å². The van der Waals surface area contributed by atoms with Crippen molar-refractivity contribution in [2.75, 3.05) is 0 Å². The van der Waals surface area contributed by atoms with Crippen LogP contribution in [-0.4, -0.2) is 13.4 Å². The number of halogens is 1. The van der Waals surface area contributed by atoms with Crippen molar-refractivity contribution >= 4 is 21.6 Å². The van der Waals surface area contributed by atoms with E-state index in [1.807, 2.05) is 38.1 Å². The van der Waals surface area contributed by atoms with Crippen LogP contribution in [0.4, 0.5) is 0 Å². The van der Waals surface area contributed by atoms with Crippen molar-refractivity contribution < 1.29 is 8.42 Å². The van der Waals surface area contributed by atoms with Crippen molar-refractivity contribution in [1.82, 2.24) is 9.71 Å². The summed E-state index contributed by atoms with van der Waals surface area (Å²) in [7, 11) is -3.62. The Morgan fingerprint density at radius 3 is 2.38 bits per heavy atom. The van der Waals surface area contributed by atoms with Crippen LogP contribution in [0.3, 0.4) is 0 Å². The maximum absolute atomic E-state index is 12.4. The second-order valence-electron chi connectivity index (χ2n) is 4.81. The molecule has 0 aliphatic rings. The molecule has 21 heavy (non-hydrogen) atoms. The van der Waals surface area contributed by atoms with Crippen molar-refractivity contribution in [1.29, 1.82) is 0 Å². The molecule has 0 radical (unpaired) electrons. The average molecular weight is 325 g/mol. The van der Waals surface area contributed by atoms with Crippen molar-refractivity contribution in [3.05, 3.63) is 58.9 Å². The first-order valence-corrected chi connectivity index (χ1v) is 8.49. The smallest absolute Gasteiger partial charge is 0.242 e.